The number of rotatable bonds is 5. The lowest BCUT2D eigenvalue weighted by Gasteiger charge is -2.36. The summed E-state index contributed by atoms with van der Waals surface area (Å²) in [5.74, 6) is -0.638. The van der Waals surface area contributed by atoms with Crippen LogP contribution < -0.4 is 10.6 Å². The van der Waals surface area contributed by atoms with Gasteiger partial charge in [0.2, 0.25) is 5.91 Å². The Hall–Kier alpha value is -2.70. The molecule has 1 aliphatic carbocycles. The monoisotopic (exact) mass is 385 g/mol. The van der Waals surface area contributed by atoms with Gasteiger partial charge in [0, 0.05) is 12.5 Å². The number of nitrogens with one attached hydrogen (secondary N) is 2. The molecule has 0 aromatic heterocycles. The fourth-order valence-electron chi connectivity index (χ4n) is 4.22. The zero-order valence-corrected chi connectivity index (χ0v) is 16.6. The van der Waals surface area contributed by atoms with Crippen LogP contribution in [0.2, 0.25) is 0 Å². The maximum absolute atomic E-state index is 13.0. The molecule has 7 nitrogen and oxygen atoms in total. The Morgan fingerprint density at radius 2 is 1.93 bits per heavy atom. The first-order chi connectivity index (χ1) is 13.2. The predicted octanol–water partition coefficient (Wildman–Crippen LogP) is 2.57. The van der Waals surface area contributed by atoms with E-state index in [4.69, 9.17) is 0 Å². The molecule has 2 N–H and O–H groups in total. The number of hydrogen-bond donors (Lipinski definition) is 2. The van der Waals surface area contributed by atoms with Crippen LogP contribution in [0, 0.1) is 5.92 Å². The standard InChI is InChI=1S/C21H27N3O4/c1-13-6-4-5-11-21(13)19(27)24(20(28)23-21)12-18(26)17-9-7-16(8-10-17)14(2)22-15(3)25/h7-10,13-14H,4-6,11-12H2,1-3H3,(H,22,25)(H,23,28). The molecule has 1 saturated carbocycles. The molecular formula is C21H27N3O4. The van der Waals surface area contributed by atoms with E-state index in [1.54, 1.807) is 24.3 Å². The molecule has 1 aliphatic heterocycles. The Morgan fingerprint density at radius 3 is 2.54 bits per heavy atom. The highest BCUT2D eigenvalue weighted by molar-refractivity contribution is 6.11. The van der Waals surface area contributed by atoms with E-state index in [1.807, 2.05) is 13.8 Å². The van der Waals surface area contributed by atoms with E-state index >= 15 is 0 Å². The summed E-state index contributed by atoms with van der Waals surface area (Å²) in [6.45, 7) is 5.03. The number of urea groups is 1. The predicted molar refractivity (Wildman–Crippen MR) is 104 cm³/mol. The van der Waals surface area contributed by atoms with Crippen LogP contribution in [-0.4, -0.2) is 40.6 Å². The molecule has 150 valence electrons. The van der Waals surface area contributed by atoms with Crippen molar-refractivity contribution in [1.82, 2.24) is 15.5 Å². The molecule has 7 heteroatoms. The summed E-state index contributed by atoms with van der Waals surface area (Å²) in [6, 6.07) is 6.21. The van der Waals surface area contributed by atoms with Gasteiger partial charge in [0.1, 0.15) is 5.54 Å². The fraction of sp³-hybridized carbons (Fsp3) is 0.524. The number of carbonyl (C=O) groups is 4. The van der Waals surface area contributed by atoms with Crippen LogP contribution in [-0.2, 0) is 9.59 Å². The summed E-state index contributed by atoms with van der Waals surface area (Å²) >= 11 is 0. The first-order valence-electron chi connectivity index (χ1n) is 9.79. The molecule has 3 rings (SSSR count). The highest BCUT2D eigenvalue weighted by atomic mass is 16.2. The minimum atomic E-state index is -0.854. The van der Waals surface area contributed by atoms with E-state index in [2.05, 4.69) is 10.6 Å². The van der Waals surface area contributed by atoms with Crippen molar-refractivity contribution in [3.8, 4) is 0 Å². The van der Waals surface area contributed by atoms with E-state index in [-0.39, 0.29) is 36.1 Å². The normalized spacial score (nSPS) is 25.5. The Balaban J connectivity index is 1.70. The third kappa shape index (κ3) is 3.66. The third-order valence-corrected chi connectivity index (χ3v) is 5.96. The molecule has 1 aromatic rings. The van der Waals surface area contributed by atoms with Crippen molar-refractivity contribution in [1.29, 1.82) is 0 Å². The van der Waals surface area contributed by atoms with Crippen molar-refractivity contribution < 1.29 is 19.2 Å². The molecule has 28 heavy (non-hydrogen) atoms. The zero-order valence-electron chi connectivity index (χ0n) is 16.6. The SMILES string of the molecule is CC(=O)NC(C)c1ccc(C(=O)CN2C(=O)NC3(CCCCC3C)C2=O)cc1. The highest BCUT2D eigenvalue weighted by Crippen LogP contribution is 2.38. The summed E-state index contributed by atoms with van der Waals surface area (Å²) in [5.41, 5.74) is 0.446. The highest BCUT2D eigenvalue weighted by Gasteiger charge is 2.55. The largest absolute Gasteiger partial charge is 0.350 e. The van der Waals surface area contributed by atoms with Crippen LogP contribution in [0.3, 0.4) is 0 Å². The molecule has 3 unspecified atom stereocenters. The van der Waals surface area contributed by atoms with Gasteiger partial charge in [-0.05, 0) is 31.2 Å². The molecule has 2 aliphatic rings. The molecule has 1 saturated heterocycles. The van der Waals surface area contributed by atoms with E-state index in [9.17, 15) is 19.2 Å². The number of hydrogen-bond acceptors (Lipinski definition) is 4. The van der Waals surface area contributed by atoms with Crippen LogP contribution in [0.1, 0.15) is 68.4 Å². The van der Waals surface area contributed by atoms with Gasteiger partial charge in [-0.2, -0.15) is 0 Å². The number of benzene rings is 1. The van der Waals surface area contributed by atoms with Crippen LogP contribution in [0.15, 0.2) is 24.3 Å². The molecular weight excluding hydrogens is 358 g/mol. The van der Waals surface area contributed by atoms with Crippen molar-refractivity contribution in [3.63, 3.8) is 0 Å². The number of ketones is 1. The summed E-state index contributed by atoms with van der Waals surface area (Å²) in [5, 5.41) is 5.65. The average Bonchev–Trinajstić information content (AvgIpc) is 2.88. The van der Waals surface area contributed by atoms with Gasteiger partial charge >= 0.3 is 6.03 Å². The van der Waals surface area contributed by atoms with E-state index in [0.29, 0.717) is 12.0 Å². The first kappa shape index (κ1) is 20.0. The van der Waals surface area contributed by atoms with Gasteiger partial charge in [0.05, 0.1) is 12.6 Å². The summed E-state index contributed by atoms with van der Waals surface area (Å²) in [7, 11) is 0. The van der Waals surface area contributed by atoms with Crippen molar-refractivity contribution in [3.05, 3.63) is 35.4 Å². The topological polar surface area (TPSA) is 95.6 Å². The van der Waals surface area contributed by atoms with Crippen molar-refractivity contribution in [2.24, 2.45) is 5.92 Å². The molecule has 4 amide bonds. The minimum Gasteiger partial charge on any atom is -0.350 e. The zero-order chi connectivity index (χ0) is 20.5. The van der Waals surface area contributed by atoms with Gasteiger partial charge < -0.3 is 10.6 Å². The molecule has 0 bridgehead atoms. The summed E-state index contributed by atoms with van der Waals surface area (Å²) < 4.78 is 0. The Labute approximate surface area is 164 Å². The van der Waals surface area contributed by atoms with Crippen molar-refractivity contribution in [2.75, 3.05) is 6.54 Å². The smallest absolute Gasteiger partial charge is 0.325 e. The van der Waals surface area contributed by atoms with Crippen LogP contribution in [0.5, 0.6) is 0 Å². The van der Waals surface area contributed by atoms with Crippen LogP contribution >= 0.6 is 0 Å². The first-order valence-corrected chi connectivity index (χ1v) is 9.79. The molecule has 1 spiro atoms. The third-order valence-electron chi connectivity index (χ3n) is 5.96. The lowest BCUT2D eigenvalue weighted by molar-refractivity contribution is -0.134. The molecule has 1 heterocycles. The second-order valence-corrected chi connectivity index (χ2v) is 7.91. The lowest BCUT2D eigenvalue weighted by atomic mass is 9.73. The molecule has 3 atom stereocenters. The fourth-order valence-corrected chi connectivity index (χ4v) is 4.22. The number of amides is 4. The maximum atomic E-state index is 13.0. The molecule has 1 aromatic carbocycles. The van der Waals surface area contributed by atoms with Gasteiger partial charge in [-0.15, -0.1) is 0 Å². The quantitative estimate of drug-likeness (QED) is 0.601. The van der Waals surface area contributed by atoms with E-state index in [0.717, 1.165) is 29.7 Å². The van der Waals surface area contributed by atoms with Crippen molar-refractivity contribution >= 4 is 23.6 Å². The van der Waals surface area contributed by atoms with E-state index in [1.165, 1.54) is 6.92 Å². The number of Topliss-reactive ketones (excluding diaryl/α,β-unsaturated/α-hetero) is 1. The minimum absolute atomic E-state index is 0.0624. The Bertz CT molecular complexity index is 804. The second-order valence-electron chi connectivity index (χ2n) is 7.91. The summed E-state index contributed by atoms with van der Waals surface area (Å²) in [6.07, 6.45) is 3.46. The number of imide groups is 1. The van der Waals surface area contributed by atoms with Gasteiger partial charge in [-0.25, -0.2) is 4.79 Å². The summed E-state index contributed by atoms with van der Waals surface area (Å²) in [4.78, 5) is 50.3. The van der Waals surface area contributed by atoms with Crippen molar-refractivity contribution in [2.45, 2.75) is 58.0 Å². The number of carbonyl (C=O) groups excluding carboxylic acids is 4. The van der Waals surface area contributed by atoms with Crippen LogP contribution in [0.4, 0.5) is 4.79 Å². The van der Waals surface area contributed by atoms with Gasteiger partial charge in [-0.3, -0.25) is 19.3 Å². The van der Waals surface area contributed by atoms with Gasteiger partial charge in [0.15, 0.2) is 5.78 Å². The van der Waals surface area contributed by atoms with Gasteiger partial charge in [-0.1, -0.05) is 44.0 Å². The van der Waals surface area contributed by atoms with Crippen LogP contribution in [0.25, 0.3) is 0 Å². The molecule has 0 radical (unpaired) electrons. The second kappa shape index (κ2) is 7.73. The maximum Gasteiger partial charge on any atom is 0.325 e. The van der Waals surface area contributed by atoms with Gasteiger partial charge in [0.25, 0.3) is 5.91 Å². The lowest BCUT2D eigenvalue weighted by Crippen LogP contribution is -2.54. The number of nitrogens with zero attached hydrogens (tertiary/aromatic N) is 1. The average molecular weight is 385 g/mol. The van der Waals surface area contributed by atoms with E-state index < -0.39 is 11.6 Å². The molecule has 2 fully saturated rings. The Kier molecular flexibility index (Phi) is 5.54. The Morgan fingerprint density at radius 1 is 1.25 bits per heavy atom.